The Morgan fingerprint density at radius 3 is 1.40 bits per heavy atom. The minimum absolute atomic E-state index is 0.0147. The molecule has 3 aromatic rings. The Morgan fingerprint density at radius 1 is 0.736 bits per heavy atom. The molecule has 0 heterocycles. The predicted octanol–water partition coefficient (Wildman–Crippen LogP) is 8.03. The van der Waals surface area contributed by atoms with Crippen LogP contribution in [0.1, 0.15) is 77.5 Å². The maximum absolute atomic E-state index is 13.8. The lowest BCUT2D eigenvalue weighted by atomic mass is 9.68. The Kier molecular flexibility index (Phi) is 15.6. The number of methoxy groups -OCH3 is 3. The van der Waals surface area contributed by atoms with Gasteiger partial charge in [0.2, 0.25) is 5.41 Å². The highest BCUT2D eigenvalue weighted by Gasteiger charge is 2.65. The van der Waals surface area contributed by atoms with Crippen molar-refractivity contribution in [3.63, 3.8) is 0 Å². The van der Waals surface area contributed by atoms with E-state index in [9.17, 15) is 25.1 Å². The summed E-state index contributed by atoms with van der Waals surface area (Å²) < 4.78 is 38.3. The van der Waals surface area contributed by atoms with Crippen molar-refractivity contribution in [2.75, 3.05) is 34.5 Å². The van der Waals surface area contributed by atoms with Gasteiger partial charge >= 0.3 is 11.9 Å². The van der Waals surface area contributed by atoms with Gasteiger partial charge in [-0.15, -0.1) is 0 Å². The molecular weight excluding hydrogens is 699 g/mol. The van der Waals surface area contributed by atoms with Gasteiger partial charge in [-0.2, -0.15) is 5.26 Å². The average molecular weight is 753 g/mol. The molecule has 1 atom stereocenters. The van der Waals surface area contributed by atoms with Crippen molar-refractivity contribution in [2.24, 2.45) is 5.41 Å². The normalized spacial score (nSPS) is 12.8. The number of rotatable bonds is 22. The van der Waals surface area contributed by atoms with E-state index in [-0.39, 0.29) is 38.0 Å². The topological polar surface area (TPSA) is 157 Å². The number of nitrogens with zero attached hydrogens (tertiary/aromatic N) is 2. The summed E-state index contributed by atoms with van der Waals surface area (Å²) >= 11 is 0. The third-order valence-corrected chi connectivity index (χ3v) is 11.8. The maximum atomic E-state index is 13.8. The van der Waals surface area contributed by atoms with Crippen LogP contribution in [-0.2, 0) is 29.0 Å². The summed E-state index contributed by atoms with van der Waals surface area (Å²) in [5, 5.41) is 31.7. The van der Waals surface area contributed by atoms with Gasteiger partial charge in [0.25, 0.3) is 8.53 Å². The first kappa shape index (κ1) is 43.2. The fourth-order valence-electron chi connectivity index (χ4n) is 6.67. The fraction of sp³-hybridized carbons (Fsp3) is 0.475. The molecule has 53 heavy (non-hydrogen) atoms. The summed E-state index contributed by atoms with van der Waals surface area (Å²) in [5.41, 5.74) is -4.35. The molecule has 0 saturated heterocycles. The summed E-state index contributed by atoms with van der Waals surface area (Å²) in [7, 11) is 2.59. The first-order chi connectivity index (χ1) is 25.3. The first-order valence-corrected chi connectivity index (χ1v) is 18.7. The van der Waals surface area contributed by atoms with E-state index in [2.05, 4.69) is 6.07 Å². The molecule has 13 heteroatoms. The van der Waals surface area contributed by atoms with E-state index in [1.54, 1.807) is 108 Å². The molecule has 0 aliphatic rings. The number of carboxylic acids is 2. The standard InChI is InChI=1S/C40H53N2O10P/c1-10-38(11-2,52-53(51-26-12-25-41)42(28(3)4)29(5)6)39(36(43)44,37(45)46)27-50-40(30-13-19-33(47-7)20-14-30,31-15-21-34(48-8)22-16-31)32-17-23-35(49-9)24-18-32/h13-24,28-29H,10-12,26-27H2,1-9H3,(H,43,44)(H,45,46). The molecule has 0 spiro atoms. The summed E-state index contributed by atoms with van der Waals surface area (Å²) in [6, 6.07) is 23.1. The lowest BCUT2D eigenvalue weighted by molar-refractivity contribution is -0.198. The van der Waals surface area contributed by atoms with Crippen molar-refractivity contribution in [1.82, 2.24) is 4.67 Å². The highest BCUT2D eigenvalue weighted by molar-refractivity contribution is 7.44. The minimum Gasteiger partial charge on any atom is -0.497 e. The number of benzene rings is 3. The highest BCUT2D eigenvalue weighted by atomic mass is 31.2. The van der Waals surface area contributed by atoms with Gasteiger partial charge in [0.05, 0.1) is 47.0 Å². The summed E-state index contributed by atoms with van der Waals surface area (Å²) in [6.07, 6.45) is 0.0325. The van der Waals surface area contributed by atoms with Crippen LogP contribution in [0.5, 0.6) is 17.2 Å². The molecule has 288 valence electrons. The molecule has 0 amide bonds. The number of carbonyl (C=O) groups is 2. The van der Waals surface area contributed by atoms with Crippen molar-refractivity contribution in [1.29, 1.82) is 5.26 Å². The third kappa shape index (κ3) is 8.94. The smallest absolute Gasteiger partial charge is 0.326 e. The van der Waals surface area contributed by atoms with Gasteiger partial charge in [-0.05, 0) is 93.6 Å². The summed E-state index contributed by atoms with van der Waals surface area (Å²) in [5.74, 6) is -1.53. The predicted molar refractivity (Wildman–Crippen MR) is 202 cm³/mol. The average Bonchev–Trinajstić information content (AvgIpc) is 3.15. The summed E-state index contributed by atoms with van der Waals surface area (Å²) in [6.45, 7) is 10.4. The Hall–Kier alpha value is -4.24. The zero-order valence-corrected chi connectivity index (χ0v) is 33.0. The van der Waals surface area contributed by atoms with Crippen molar-refractivity contribution in [3.05, 3.63) is 89.5 Å². The van der Waals surface area contributed by atoms with Crippen molar-refractivity contribution < 1.29 is 47.8 Å². The molecule has 3 rings (SSSR count). The Labute approximate surface area is 314 Å². The number of hydrogen-bond donors (Lipinski definition) is 2. The van der Waals surface area contributed by atoms with Gasteiger partial charge in [-0.25, -0.2) is 4.67 Å². The number of aliphatic carboxylic acids is 2. The molecule has 0 bridgehead atoms. The van der Waals surface area contributed by atoms with Crippen LogP contribution in [-0.4, -0.2) is 79.0 Å². The lowest BCUT2D eigenvalue weighted by Crippen LogP contribution is -2.62. The van der Waals surface area contributed by atoms with Crippen LogP contribution in [0.15, 0.2) is 72.8 Å². The van der Waals surface area contributed by atoms with Gasteiger partial charge in [-0.1, -0.05) is 50.2 Å². The van der Waals surface area contributed by atoms with E-state index in [1.165, 1.54) is 0 Å². The molecule has 0 aliphatic carbocycles. The third-order valence-electron chi connectivity index (χ3n) is 9.56. The second-order valence-electron chi connectivity index (χ2n) is 13.0. The lowest BCUT2D eigenvalue weighted by Gasteiger charge is -2.48. The summed E-state index contributed by atoms with van der Waals surface area (Å²) in [4.78, 5) is 27.6. The molecule has 12 nitrogen and oxygen atoms in total. The zero-order valence-electron chi connectivity index (χ0n) is 32.1. The molecular formula is C40H53N2O10P. The van der Waals surface area contributed by atoms with Crippen LogP contribution in [0.4, 0.5) is 0 Å². The Bertz CT molecular complexity index is 1520. The van der Waals surface area contributed by atoms with Crippen LogP contribution in [0.3, 0.4) is 0 Å². The zero-order chi connectivity index (χ0) is 39.4. The van der Waals surface area contributed by atoms with Crippen molar-refractivity contribution in [2.45, 2.75) is 84.1 Å². The van der Waals surface area contributed by atoms with Gasteiger partial charge < -0.3 is 38.2 Å². The van der Waals surface area contributed by atoms with Crippen LogP contribution in [0.2, 0.25) is 0 Å². The van der Waals surface area contributed by atoms with Crippen LogP contribution in [0.25, 0.3) is 0 Å². The minimum atomic E-state index is -2.66. The number of hydrogen-bond acceptors (Lipinski definition) is 10. The monoisotopic (exact) mass is 752 g/mol. The molecule has 1 unspecified atom stereocenters. The molecule has 0 fully saturated rings. The molecule has 3 aromatic carbocycles. The Morgan fingerprint density at radius 2 is 1.11 bits per heavy atom. The van der Waals surface area contributed by atoms with E-state index in [1.807, 2.05) is 32.4 Å². The van der Waals surface area contributed by atoms with E-state index in [4.69, 9.17) is 28.0 Å². The quantitative estimate of drug-likeness (QED) is 0.0442. The van der Waals surface area contributed by atoms with E-state index >= 15 is 0 Å². The number of nitriles is 1. The Balaban J connectivity index is 2.39. The molecule has 0 aromatic heterocycles. The second kappa shape index (κ2) is 19.2. The van der Waals surface area contributed by atoms with Gasteiger partial charge in [0.1, 0.15) is 28.5 Å². The first-order valence-electron chi connectivity index (χ1n) is 17.6. The molecule has 2 N–H and O–H groups in total. The highest BCUT2D eigenvalue weighted by Crippen LogP contribution is 2.56. The maximum Gasteiger partial charge on any atom is 0.326 e. The fourth-order valence-corrected chi connectivity index (χ4v) is 8.67. The SMILES string of the molecule is CCC(CC)(OP(OCCC#N)N(C(C)C)C(C)C)C(COC(c1ccc(OC)cc1)(c1ccc(OC)cc1)c1ccc(OC)cc1)(C(=O)O)C(=O)O. The van der Waals surface area contributed by atoms with Crippen LogP contribution >= 0.6 is 8.53 Å². The van der Waals surface area contributed by atoms with E-state index < -0.39 is 43.7 Å². The van der Waals surface area contributed by atoms with Gasteiger partial charge in [0.15, 0.2) is 0 Å². The molecule has 0 aliphatic heterocycles. The van der Waals surface area contributed by atoms with Crippen LogP contribution < -0.4 is 14.2 Å². The van der Waals surface area contributed by atoms with Crippen molar-refractivity contribution in [3.8, 4) is 23.3 Å². The number of ether oxygens (including phenoxy) is 4. The number of carboxylic acid groups (broad SMARTS) is 2. The largest absolute Gasteiger partial charge is 0.497 e. The molecule has 0 radical (unpaired) electrons. The van der Waals surface area contributed by atoms with Gasteiger partial charge in [0, 0.05) is 12.1 Å². The molecule has 0 saturated carbocycles. The van der Waals surface area contributed by atoms with Crippen LogP contribution in [0, 0.1) is 16.7 Å². The van der Waals surface area contributed by atoms with E-state index in [0.29, 0.717) is 33.9 Å². The second-order valence-corrected chi connectivity index (χ2v) is 14.4. The van der Waals surface area contributed by atoms with E-state index in [0.717, 1.165) is 0 Å². The van der Waals surface area contributed by atoms with Gasteiger partial charge in [-0.3, -0.25) is 9.59 Å². The van der Waals surface area contributed by atoms with Crippen molar-refractivity contribution >= 4 is 20.5 Å².